The van der Waals surface area contributed by atoms with Gasteiger partial charge in [0.1, 0.15) is 18.2 Å². The van der Waals surface area contributed by atoms with Gasteiger partial charge in [-0.25, -0.2) is 0 Å². The minimum atomic E-state index is -0.709. The van der Waals surface area contributed by atoms with Crippen LogP contribution in [-0.2, 0) is 11.4 Å². The van der Waals surface area contributed by atoms with E-state index in [0.29, 0.717) is 17.1 Å². The van der Waals surface area contributed by atoms with E-state index in [1.807, 2.05) is 30.3 Å². The number of nitro benzene ring substituents is 1. The summed E-state index contributed by atoms with van der Waals surface area (Å²) in [6.07, 6.45) is 1.38. The van der Waals surface area contributed by atoms with Crippen LogP contribution in [-0.4, -0.2) is 17.9 Å². The smallest absolute Gasteiger partial charge is 0.271 e. The highest BCUT2D eigenvalue weighted by Gasteiger charge is 2.15. The number of halogens is 1. The van der Waals surface area contributed by atoms with E-state index in [-0.39, 0.29) is 23.6 Å². The summed E-state index contributed by atoms with van der Waals surface area (Å²) in [7, 11) is 1.50. The number of nitriles is 1. The number of methoxy groups -OCH3 is 1. The fourth-order valence-corrected chi connectivity index (χ4v) is 3.16. The van der Waals surface area contributed by atoms with Crippen molar-refractivity contribution in [2.24, 2.45) is 0 Å². The van der Waals surface area contributed by atoms with Crippen LogP contribution in [0.4, 0.5) is 11.4 Å². The van der Waals surface area contributed by atoms with Crippen LogP contribution in [0, 0.1) is 21.4 Å². The van der Waals surface area contributed by atoms with Crippen LogP contribution >= 0.6 is 15.9 Å². The first-order valence-corrected chi connectivity index (χ1v) is 10.4. The highest BCUT2D eigenvalue weighted by atomic mass is 79.9. The summed E-state index contributed by atoms with van der Waals surface area (Å²) in [4.78, 5) is 23.0. The Morgan fingerprint density at radius 2 is 1.91 bits per heavy atom. The maximum Gasteiger partial charge on any atom is 0.271 e. The van der Waals surface area contributed by atoms with Gasteiger partial charge in [-0.3, -0.25) is 14.9 Å². The molecule has 8 nitrogen and oxygen atoms in total. The van der Waals surface area contributed by atoms with Crippen LogP contribution in [0.5, 0.6) is 11.5 Å². The van der Waals surface area contributed by atoms with Crippen LogP contribution in [0.15, 0.2) is 76.8 Å². The van der Waals surface area contributed by atoms with Crippen molar-refractivity contribution < 1.29 is 19.2 Å². The van der Waals surface area contributed by atoms with Crippen molar-refractivity contribution in [3.05, 3.63) is 98.0 Å². The Labute approximate surface area is 198 Å². The van der Waals surface area contributed by atoms with Gasteiger partial charge in [-0.2, -0.15) is 5.26 Å². The number of hydrogen-bond donors (Lipinski definition) is 1. The molecule has 3 rings (SSSR count). The largest absolute Gasteiger partial charge is 0.493 e. The van der Waals surface area contributed by atoms with Crippen LogP contribution < -0.4 is 14.8 Å². The van der Waals surface area contributed by atoms with Crippen molar-refractivity contribution in [2.75, 3.05) is 12.4 Å². The lowest BCUT2D eigenvalue weighted by atomic mass is 10.1. The highest BCUT2D eigenvalue weighted by molar-refractivity contribution is 9.10. The number of hydrogen-bond acceptors (Lipinski definition) is 6. The van der Waals surface area contributed by atoms with E-state index in [0.717, 1.165) is 10.0 Å². The van der Waals surface area contributed by atoms with Crippen molar-refractivity contribution in [1.29, 1.82) is 5.26 Å². The van der Waals surface area contributed by atoms with Gasteiger partial charge in [-0.1, -0.05) is 46.3 Å². The first kappa shape index (κ1) is 23.5. The van der Waals surface area contributed by atoms with Crippen LogP contribution in [0.1, 0.15) is 11.1 Å². The Kier molecular flexibility index (Phi) is 7.78. The number of nitrogens with zero attached hydrogens (tertiary/aromatic N) is 2. The fourth-order valence-electron chi connectivity index (χ4n) is 2.90. The standard InChI is InChI=1S/C24H18BrN3O5/c1-32-22-7-2-4-17(23(22)33-15-16-8-10-19(25)11-9-16)12-18(14-26)24(29)27-20-5-3-6-21(13-20)28(30)31/h2-13H,15H2,1H3,(H,27,29)/b18-12+. The fraction of sp³-hybridized carbons (Fsp3) is 0.0833. The third-order valence-corrected chi connectivity index (χ3v) is 5.03. The van der Waals surface area contributed by atoms with Gasteiger partial charge in [-0.05, 0) is 35.9 Å². The summed E-state index contributed by atoms with van der Waals surface area (Å²) < 4.78 is 12.3. The van der Waals surface area contributed by atoms with Crippen LogP contribution in [0.3, 0.4) is 0 Å². The molecule has 33 heavy (non-hydrogen) atoms. The van der Waals surface area contributed by atoms with E-state index in [4.69, 9.17) is 9.47 Å². The molecule has 0 saturated carbocycles. The van der Waals surface area contributed by atoms with Crippen molar-refractivity contribution >= 4 is 39.3 Å². The molecule has 0 spiro atoms. The molecule has 0 atom stereocenters. The molecule has 0 saturated heterocycles. The van der Waals surface area contributed by atoms with Gasteiger partial charge >= 0.3 is 0 Å². The SMILES string of the molecule is COc1cccc(/C=C(\C#N)C(=O)Nc2cccc([N+](=O)[O-])c2)c1OCc1ccc(Br)cc1. The first-order valence-electron chi connectivity index (χ1n) is 9.63. The van der Waals surface area contributed by atoms with Gasteiger partial charge < -0.3 is 14.8 Å². The molecule has 3 aromatic carbocycles. The number of carbonyl (C=O) groups is 1. The number of para-hydroxylation sites is 1. The molecular formula is C24H18BrN3O5. The summed E-state index contributed by atoms with van der Waals surface area (Å²) in [6, 6.07) is 20.0. The van der Waals surface area contributed by atoms with Crippen molar-refractivity contribution in [1.82, 2.24) is 0 Å². The van der Waals surface area contributed by atoms with Crippen molar-refractivity contribution in [3.63, 3.8) is 0 Å². The van der Waals surface area contributed by atoms with Crippen LogP contribution in [0.2, 0.25) is 0 Å². The van der Waals surface area contributed by atoms with E-state index < -0.39 is 10.8 Å². The van der Waals surface area contributed by atoms with Gasteiger partial charge in [0.2, 0.25) is 0 Å². The molecule has 3 aromatic rings. The third-order valence-electron chi connectivity index (χ3n) is 4.51. The molecule has 0 bridgehead atoms. The molecule has 0 fully saturated rings. The average molecular weight is 508 g/mol. The Morgan fingerprint density at radius 1 is 1.18 bits per heavy atom. The Balaban J connectivity index is 1.87. The molecule has 0 aromatic heterocycles. The van der Waals surface area contributed by atoms with E-state index >= 15 is 0 Å². The molecule has 0 aliphatic heterocycles. The van der Waals surface area contributed by atoms with Gasteiger partial charge in [0.25, 0.3) is 11.6 Å². The quantitative estimate of drug-likeness (QED) is 0.186. The molecule has 1 N–H and O–H groups in total. The zero-order chi connectivity index (χ0) is 23.8. The Morgan fingerprint density at radius 3 is 2.58 bits per heavy atom. The number of nitro groups is 1. The third kappa shape index (κ3) is 6.18. The lowest BCUT2D eigenvalue weighted by Gasteiger charge is -2.14. The molecule has 1 amide bonds. The van der Waals surface area contributed by atoms with Gasteiger partial charge in [0, 0.05) is 27.9 Å². The maximum absolute atomic E-state index is 12.7. The van der Waals surface area contributed by atoms with Crippen molar-refractivity contribution in [2.45, 2.75) is 6.61 Å². The van der Waals surface area contributed by atoms with E-state index in [1.54, 1.807) is 18.2 Å². The zero-order valence-corrected chi connectivity index (χ0v) is 19.0. The Bertz CT molecular complexity index is 1250. The zero-order valence-electron chi connectivity index (χ0n) is 17.4. The Hall–Kier alpha value is -4.16. The highest BCUT2D eigenvalue weighted by Crippen LogP contribution is 2.33. The maximum atomic E-state index is 12.7. The number of anilines is 1. The minimum Gasteiger partial charge on any atom is -0.493 e. The molecular weight excluding hydrogens is 490 g/mol. The van der Waals surface area contributed by atoms with Crippen LogP contribution in [0.25, 0.3) is 6.08 Å². The summed E-state index contributed by atoms with van der Waals surface area (Å²) >= 11 is 3.39. The summed E-state index contributed by atoms with van der Waals surface area (Å²) in [6.45, 7) is 0.246. The summed E-state index contributed by atoms with van der Waals surface area (Å²) in [5, 5.41) is 23.0. The lowest BCUT2D eigenvalue weighted by molar-refractivity contribution is -0.384. The second kappa shape index (κ2) is 10.9. The number of amides is 1. The topological polar surface area (TPSA) is 114 Å². The van der Waals surface area contributed by atoms with E-state index in [9.17, 15) is 20.2 Å². The summed E-state index contributed by atoms with van der Waals surface area (Å²) in [5.41, 5.74) is 1.21. The van der Waals surface area contributed by atoms with Crippen molar-refractivity contribution in [3.8, 4) is 17.6 Å². The second-order valence-electron chi connectivity index (χ2n) is 6.73. The van der Waals surface area contributed by atoms with E-state index in [2.05, 4.69) is 21.2 Å². The van der Waals surface area contributed by atoms with Gasteiger partial charge in [-0.15, -0.1) is 0 Å². The molecule has 0 aliphatic rings. The van der Waals surface area contributed by atoms with Gasteiger partial charge in [0.15, 0.2) is 11.5 Å². The number of carbonyl (C=O) groups excluding carboxylic acids is 1. The molecule has 0 aliphatic carbocycles. The lowest BCUT2D eigenvalue weighted by Crippen LogP contribution is -2.13. The monoisotopic (exact) mass is 507 g/mol. The predicted octanol–water partition coefficient (Wildman–Crippen LogP) is 5.49. The molecule has 9 heteroatoms. The summed E-state index contributed by atoms with van der Waals surface area (Å²) in [5.74, 6) is 0.107. The predicted molar refractivity (Wildman–Crippen MR) is 127 cm³/mol. The molecule has 0 radical (unpaired) electrons. The number of non-ortho nitro benzene ring substituents is 1. The number of nitrogens with one attached hydrogen (secondary N) is 1. The van der Waals surface area contributed by atoms with E-state index in [1.165, 1.54) is 37.5 Å². The first-order chi connectivity index (χ1) is 15.9. The molecule has 166 valence electrons. The molecule has 0 unspecified atom stereocenters. The number of benzene rings is 3. The molecule has 0 heterocycles. The number of ether oxygens (including phenoxy) is 2. The average Bonchev–Trinajstić information content (AvgIpc) is 2.82. The van der Waals surface area contributed by atoms with Gasteiger partial charge in [0.05, 0.1) is 12.0 Å². The minimum absolute atomic E-state index is 0.174. The second-order valence-corrected chi connectivity index (χ2v) is 7.64. The number of rotatable bonds is 8. The normalized spacial score (nSPS) is 10.8.